The number of nitrogens with one attached hydrogen (secondary N) is 1. The van der Waals surface area contributed by atoms with Crippen LogP contribution >= 0.6 is 0 Å². The summed E-state index contributed by atoms with van der Waals surface area (Å²) in [4.78, 5) is 24.5. The number of aliphatic hydroxyl groups is 2. The summed E-state index contributed by atoms with van der Waals surface area (Å²) in [6.45, 7) is 4.85. The first-order valence-corrected chi connectivity index (χ1v) is 28.9. The van der Waals surface area contributed by atoms with Crippen molar-refractivity contribution in [1.82, 2.24) is 5.32 Å². The van der Waals surface area contributed by atoms with E-state index in [9.17, 15) is 19.8 Å². The van der Waals surface area contributed by atoms with Crippen molar-refractivity contribution >= 4 is 11.9 Å². The normalized spacial score (nSPS) is 13.0. The zero-order valence-corrected chi connectivity index (χ0v) is 43.9. The molecular formula is C60H111NO5. The number of aliphatic hydroxyl groups excluding tert-OH is 2. The van der Waals surface area contributed by atoms with Gasteiger partial charge < -0.3 is 20.3 Å². The second-order valence-electron chi connectivity index (χ2n) is 19.6. The lowest BCUT2D eigenvalue weighted by molar-refractivity contribution is -0.143. The summed E-state index contributed by atoms with van der Waals surface area (Å²) in [5.41, 5.74) is 0. The van der Waals surface area contributed by atoms with Crippen molar-refractivity contribution in [2.45, 2.75) is 309 Å². The average molecular weight is 927 g/mol. The third-order valence-corrected chi connectivity index (χ3v) is 13.1. The zero-order valence-electron chi connectivity index (χ0n) is 43.9. The molecule has 0 saturated heterocycles. The number of amides is 1. The van der Waals surface area contributed by atoms with Gasteiger partial charge in [-0.05, 0) is 89.9 Å². The number of hydrogen-bond donors (Lipinski definition) is 3. The summed E-state index contributed by atoms with van der Waals surface area (Å²) in [5.74, 6) is -0.0881. The predicted molar refractivity (Wildman–Crippen MR) is 287 cm³/mol. The minimum Gasteiger partial charge on any atom is -0.466 e. The van der Waals surface area contributed by atoms with Gasteiger partial charge in [-0.1, -0.05) is 242 Å². The summed E-state index contributed by atoms with van der Waals surface area (Å²) >= 11 is 0. The van der Waals surface area contributed by atoms with Crippen LogP contribution in [0.2, 0.25) is 0 Å². The molecule has 3 N–H and O–H groups in total. The maximum atomic E-state index is 12.4. The Labute approximate surface area is 410 Å². The number of carbonyl (C=O) groups excluding carboxylic acids is 2. The third-order valence-electron chi connectivity index (χ3n) is 13.1. The van der Waals surface area contributed by atoms with Crippen LogP contribution in [-0.2, 0) is 14.3 Å². The van der Waals surface area contributed by atoms with Gasteiger partial charge in [-0.2, -0.15) is 0 Å². The quantitative estimate of drug-likeness (QED) is 0.0321. The number of hydrogen-bond acceptors (Lipinski definition) is 5. The highest BCUT2D eigenvalue weighted by Gasteiger charge is 2.18. The lowest BCUT2D eigenvalue weighted by atomic mass is 10.0. The zero-order chi connectivity index (χ0) is 47.9. The van der Waals surface area contributed by atoms with Crippen LogP contribution in [0.4, 0.5) is 0 Å². The smallest absolute Gasteiger partial charge is 0.305 e. The van der Waals surface area contributed by atoms with Crippen LogP contribution in [-0.4, -0.2) is 47.4 Å². The van der Waals surface area contributed by atoms with Crippen molar-refractivity contribution in [3.05, 3.63) is 48.6 Å². The Bertz CT molecular complexity index is 1110. The third kappa shape index (κ3) is 51.2. The lowest BCUT2D eigenvalue weighted by Crippen LogP contribution is -2.45. The molecule has 386 valence electrons. The summed E-state index contributed by atoms with van der Waals surface area (Å²) in [6.07, 6.45) is 69.8. The summed E-state index contributed by atoms with van der Waals surface area (Å²) in [5, 5.41) is 23.0. The van der Waals surface area contributed by atoms with Gasteiger partial charge in [0.1, 0.15) is 0 Å². The van der Waals surface area contributed by atoms with Crippen LogP contribution in [0.5, 0.6) is 0 Å². The summed E-state index contributed by atoms with van der Waals surface area (Å²) in [7, 11) is 0. The van der Waals surface area contributed by atoms with E-state index in [1.807, 2.05) is 6.08 Å². The number of ether oxygens (including phenoxy) is 1. The molecule has 0 fully saturated rings. The Morgan fingerprint density at radius 2 is 0.758 bits per heavy atom. The van der Waals surface area contributed by atoms with Crippen molar-refractivity contribution in [3.63, 3.8) is 0 Å². The topological polar surface area (TPSA) is 95.9 Å². The summed E-state index contributed by atoms with van der Waals surface area (Å²) < 4.78 is 5.48. The Morgan fingerprint density at radius 3 is 1.20 bits per heavy atom. The fourth-order valence-corrected chi connectivity index (χ4v) is 8.60. The lowest BCUT2D eigenvalue weighted by Gasteiger charge is -2.20. The van der Waals surface area contributed by atoms with Crippen molar-refractivity contribution in [1.29, 1.82) is 0 Å². The largest absolute Gasteiger partial charge is 0.466 e. The Balaban J connectivity index is 3.47. The number of allylic oxidation sites excluding steroid dienone is 7. The van der Waals surface area contributed by atoms with Crippen molar-refractivity contribution in [2.75, 3.05) is 13.2 Å². The molecule has 0 aliphatic heterocycles. The van der Waals surface area contributed by atoms with Gasteiger partial charge in [0.2, 0.25) is 5.91 Å². The molecule has 0 aromatic rings. The molecule has 0 bridgehead atoms. The van der Waals surface area contributed by atoms with E-state index in [-0.39, 0.29) is 18.5 Å². The number of carbonyl (C=O) groups is 2. The van der Waals surface area contributed by atoms with Crippen molar-refractivity contribution in [3.8, 4) is 0 Å². The Kier molecular flexibility index (Phi) is 53.6. The van der Waals surface area contributed by atoms with Gasteiger partial charge in [-0.3, -0.25) is 9.59 Å². The minimum atomic E-state index is -0.852. The Morgan fingerprint density at radius 1 is 0.424 bits per heavy atom. The average Bonchev–Trinajstić information content (AvgIpc) is 3.32. The van der Waals surface area contributed by atoms with E-state index in [0.29, 0.717) is 19.4 Å². The molecular weight excluding hydrogens is 815 g/mol. The first-order chi connectivity index (χ1) is 32.5. The highest BCUT2D eigenvalue weighted by Crippen LogP contribution is 2.16. The highest BCUT2D eigenvalue weighted by molar-refractivity contribution is 5.76. The van der Waals surface area contributed by atoms with Gasteiger partial charge in [0.25, 0.3) is 0 Å². The van der Waals surface area contributed by atoms with E-state index in [1.54, 1.807) is 6.08 Å². The molecule has 2 atom stereocenters. The van der Waals surface area contributed by atoms with E-state index in [4.69, 9.17) is 4.74 Å². The van der Waals surface area contributed by atoms with E-state index in [1.165, 1.54) is 205 Å². The monoisotopic (exact) mass is 926 g/mol. The number of esters is 1. The van der Waals surface area contributed by atoms with Crippen LogP contribution in [0.25, 0.3) is 0 Å². The molecule has 0 rings (SSSR count). The fourth-order valence-electron chi connectivity index (χ4n) is 8.60. The molecule has 1 amide bonds. The molecule has 2 unspecified atom stereocenters. The van der Waals surface area contributed by atoms with E-state index in [2.05, 4.69) is 55.6 Å². The van der Waals surface area contributed by atoms with E-state index in [0.717, 1.165) is 64.2 Å². The SMILES string of the molecule is CCCCC/C=C\C/C=C\CCCCCCCCCCCC(=O)OCCCCCCCC/C=C\CCCCCCCCCC(=O)NC(CO)C(O)/C=C/CCCCCCCCCCCCC. The molecule has 0 aliphatic rings. The first kappa shape index (κ1) is 63.8. The van der Waals surface area contributed by atoms with Crippen LogP contribution in [0.1, 0.15) is 296 Å². The molecule has 0 heterocycles. The van der Waals surface area contributed by atoms with Crippen LogP contribution < -0.4 is 5.32 Å². The molecule has 0 spiro atoms. The second kappa shape index (κ2) is 55.4. The summed E-state index contributed by atoms with van der Waals surface area (Å²) in [6, 6.07) is -0.637. The van der Waals surface area contributed by atoms with Crippen LogP contribution in [0, 0.1) is 0 Å². The van der Waals surface area contributed by atoms with Gasteiger partial charge in [-0.25, -0.2) is 0 Å². The van der Waals surface area contributed by atoms with Crippen LogP contribution in [0.15, 0.2) is 48.6 Å². The number of unbranched alkanes of at least 4 members (excludes halogenated alkanes) is 36. The maximum Gasteiger partial charge on any atom is 0.305 e. The molecule has 0 aromatic carbocycles. The Hall–Kier alpha value is -2.18. The molecule has 0 aliphatic carbocycles. The molecule has 6 nitrogen and oxygen atoms in total. The first-order valence-electron chi connectivity index (χ1n) is 28.9. The van der Waals surface area contributed by atoms with E-state index < -0.39 is 12.1 Å². The molecule has 6 heteroatoms. The van der Waals surface area contributed by atoms with Crippen molar-refractivity contribution in [2.24, 2.45) is 0 Å². The fraction of sp³-hybridized carbons (Fsp3) is 0.833. The van der Waals surface area contributed by atoms with Crippen molar-refractivity contribution < 1.29 is 24.5 Å². The molecule has 0 radical (unpaired) electrons. The molecule has 0 saturated carbocycles. The standard InChI is InChI=1S/C60H111NO5/c1-3-5-7-9-11-13-15-17-18-19-20-23-26-30-34-38-42-46-50-54-60(65)66-55-51-47-43-39-35-31-27-24-21-22-25-29-33-37-41-45-49-53-59(64)61-57(56-62)58(63)52-48-44-40-36-32-28-16-14-12-10-8-6-4-2/h11,13,17-18,21,24,48,52,57-58,62-63H,3-10,12,14-16,19-20,22-23,25-47,49-51,53-56H2,1-2H3,(H,61,64)/b13-11-,18-17-,24-21-,52-48+. The second-order valence-corrected chi connectivity index (χ2v) is 19.6. The molecule has 66 heavy (non-hydrogen) atoms. The maximum absolute atomic E-state index is 12.4. The van der Waals surface area contributed by atoms with Gasteiger partial charge in [0, 0.05) is 12.8 Å². The highest BCUT2D eigenvalue weighted by atomic mass is 16.5. The van der Waals surface area contributed by atoms with E-state index >= 15 is 0 Å². The van der Waals surface area contributed by atoms with Crippen LogP contribution in [0.3, 0.4) is 0 Å². The molecule has 0 aromatic heterocycles. The number of rotatable bonds is 53. The predicted octanol–water partition coefficient (Wildman–Crippen LogP) is 17.8. The van der Waals surface area contributed by atoms with Gasteiger partial charge >= 0.3 is 5.97 Å². The van der Waals surface area contributed by atoms with Gasteiger partial charge in [0.05, 0.1) is 25.4 Å². The van der Waals surface area contributed by atoms with Gasteiger partial charge in [0.15, 0.2) is 0 Å². The van der Waals surface area contributed by atoms with Gasteiger partial charge in [-0.15, -0.1) is 0 Å². The minimum absolute atomic E-state index is 0.00709.